The van der Waals surface area contributed by atoms with Crippen LogP contribution in [0.3, 0.4) is 0 Å². The third-order valence-electron chi connectivity index (χ3n) is 4.97. The number of carbonyl (C=O) groups is 3. The van der Waals surface area contributed by atoms with E-state index in [1.807, 2.05) is 45.0 Å². The summed E-state index contributed by atoms with van der Waals surface area (Å²) >= 11 is 0. The zero-order valence-electron chi connectivity index (χ0n) is 17.4. The average molecular weight is 403 g/mol. The second kappa shape index (κ2) is 8.31. The number of hydrogen-bond donors (Lipinski definition) is 1. The normalized spacial score (nSPS) is 21.9. The molecular formula is C21H29N3O5. The van der Waals surface area contributed by atoms with Crippen LogP contribution in [-0.4, -0.2) is 60.9 Å². The van der Waals surface area contributed by atoms with Crippen LogP contribution >= 0.6 is 0 Å². The van der Waals surface area contributed by atoms with E-state index in [9.17, 15) is 14.4 Å². The molecule has 1 aromatic carbocycles. The van der Waals surface area contributed by atoms with E-state index in [2.05, 4.69) is 5.32 Å². The zero-order valence-corrected chi connectivity index (χ0v) is 17.4. The predicted molar refractivity (Wildman–Crippen MR) is 108 cm³/mol. The molecule has 158 valence electrons. The van der Waals surface area contributed by atoms with Crippen LogP contribution in [0.25, 0.3) is 0 Å². The first-order chi connectivity index (χ1) is 13.6. The lowest BCUT2D eigenvalue weighted by Crippen LogP contribution is -2.35. The molecule has 29 heavy (non-hydrogen) atoms. The number of benzene rings is 1. The van der Waals surface area contributed by atoms with Gasteiger partial charge in [0.25, 0.3) is 0 Å². The minimum absolute atomic E-state index is 0.152. The van der Waals surface area contributed by atoms with Gasteiger partial charge in [-0.25, -0.2) is 9.59 Å². The number of cyclic esters (lactones) is 1. The van der Waals surface area contributed by atoms with Crippen LogP contribution in [0, 0.1) is 0 Å². The fourth-order valence-corrected chi connectivity index (χ4v) is 3.55. The smallest absolute Gasteiger partial charge is 0.414 e. The summed E-state index contributed by atoms with van der Waals surface area (Å²) in [6, 6.07) is 7.78. The molecule has 0 aromatic heterocycles. The van der Waals surface area contributed by atoms with Crippen molar-refractivity contribution in [3.05, 3.63) is 29.8 Å². The number of hydrogen-bond acceptors (Lipinski definition) is 5. The molecule has 0 radical (unpaired) electrons. The summed E-state index contributed by atoms with van der Waals surface area (Å²) in [6.07, 6.45) is -0.168. The van der Waals surface area contributed by atoms with Gasteiger partial charge in [-0.15, -0.1) is 0 Å². The number of carbonyl (C=O) groups excluding carboxylic acids is 3. The topological polar surface area (TPSA) is 88.2 Å². The molecule has 0 saturated carbocycles. The van der Waals surface area contributed by atoms with Crippen molar-refractivity contribution >= 4 is 23.8 Å². The van der Waals surface area contributed by atoms with Gasteiger partial charge in [0.05, 0.1) is 13.1 Å². The summed E-state index contributed by atoms with van der Waals surface area (Å²) in [5.41, 5.74) is 1.38. The van der Waals surface area contributed by atoms with E-state index >= 15 is 0 Å². The average Bonchev–Trinajstić information content (AvgIpc) is 3.26. The van der Waals surface area contributed by atoms with E-state index in [4.69, 9.17) is 9.47 Å². The summed E-state index contributed by atoms with van der Waals surface area (Å²) in [5.74, 6) is 0.0930. The van der Waals surface area contributed by atoms with Crippen molar-refractivity contribution in [3.8, 4) is 0 Å². The highest BCUT2D eigenvalue weighted by atomic mass is 16.6. The lowest BCUT2D eigenvalue weighted by molar-refractivity contribution is -0.119. The third kappa shape index (κ3) is 5.40. The van der Waals surface area contributed by atoms with Crippen LogP contribution in [0.1, 0.15) is 45.6 Å². The molecule has 2 heterocycles. The summed E-state index contributed by atoms with van der Waals surface area (Å²) in [7, 11) is 0. The predicted octanol–water partition coefficient (Wildman–Crippen LogP) is 2.87. The van der Waals surface area contributed by atoms with E-state index in [-0.39, 0.29) is 24.0 Å². The molecular weight excluding hydrogens is 374 g/mol. The molecule has 1 aromatic rings. The van der Waals surface area contributed by atoms with Crippen molar-refractivity contribution < 1.29 is 23.9 Å². The van der Waals surface area contributed by atoms with Gasteiger partial charge >= 0.3 is 12.2 Å². The number of ether oxygens (including phenoxy) is 2. The summed E-state index contributed by atoms with van der Waals surface area (Å²) in [5, 5.41) is 2.67. The van der Waals surface area contributed by atoms with Crippen LogP contribution < -0.4 is 10.2 Å². The minimum Gasteiger partial charge on any atom is -0.444 e. The van der Waals surface area contributed by atoms with Gasteiger partial charge in [0, 0.05) is 31.6 Å². The Bertz CT molecular complexity index is 772. The SMILES string of the molecule is CC(=O)NC[C@H]1CN(c2ccc(C3CCN(C(=O)OC(C)(C)C)C3)cc2)C(=O)O1. The fraction of sp³-hybridized carbons (Fsp3) is 0.571. The monoisotopic (exact) mass is 403 g/mol. The van der Waals surface area contributed by atoms with E-state index < -0.39 is 11.7 Å². The molecule has 2 saturated heterocycles. The Morgan fingerprint density at radius 1 is 1.21 bits per heavy atom. The summed E-state index contributed by atoms with van der Waals surface area (Å²) in [4.78, 5) is 38.7. The molecule has 3 amide bonds. The van der Waals surface area contributed by atoms with Crippen molar-refractivity contribution in [1.82, 2.24) is 10.2 Å². The van der Waals surface area contributed by atoms with Crippen molar-refractivity contribution in [2.75, 3.05) is 31.1 Å². The zero-order chi connectivity index (χ0) is 21.2. The highest BCUT2D eigenvalue weighted by molar-refractivity contribution is 5.89. The Labute approximate surface area is 171 Å². The van der Waals surface area contributed by atoms with Gasteiger partial charge in [-0.2, -0.15) is 0 Å². The quantitative estimate of drug-likeness (QED) is 0.835. The van der Waals surface area contributed by atoms with Gasteiger partial charge in [-0.1, -0.05) is 12.1 Å². The maximum Gasteiger partial charge on any atom is 0.414 e. The Morgan fingerprint density at radius 2 is 1.90 bits per heavy atom. The molecule has 0 aliphatic carbocycles. The van der Waals surface area contributed by atoms with Gasteiger partial charge in [-0.3, -0.25) is 9.69 Å². The van der Waals surface area contributed by atoms with Gasteiger partial charge < -0.3 is 19.7 Å². The lowest BCUT2D eigenvalue weighted by atomic mass is 9.98. The second-order valence-electron chi connectivity index (χ2n) is 8.56. The van der Waals surface area contributed by atoms with Crippen LogP contribution in [-0.2, 0) is 14.3 Å². The molecule has 1 unspecified atom stereocenters. The molecule has 8 nitrogen and oxygen atoms in total. The number of likely N-dealkylation sites (tertiary alicyclic amines) is 1. The summed E-state index contributed by atoms with van der Waals surface area (Å²) in [6.45, 7) is 9.01. The van der Waals surface area contributed by atoms with Crippen molar-refractivity contribution in [2.45, 2.75) is 51.7 Å². The molecule has 8 heteroatoms. The van der Waals surface area contributed by atoms with Crippen molar-refractivity contribution in [2.24, 2.45) is 0 Å². The minimum atomic E-state index is -0.501. The van der Waals surface area contributed by atoms with Crippen LogP contribution in [0.5, 0.6) is 0 Å². The van der Waals surface area contributed by atoms with Crippen LogP contribution in [0.2, 0.25) is 0 Å². The fourth-order valence-electron chi connectivity index (χ4n) is 3.55. The van der Waals surface area contributed by atoms with Gasteiger partial charge in [0.15, 0.2) is 0 Å². The van der Waals surface area contributed by atoms with E-state index in [1.54, 1.807) is 9.80 Å². The first-order valence-corrected chi connectivity index (χ1v) is 9.93. The maximum absolute atomic E-state index is 12.2. The van der Waals surface area contributed by atoms with Gasteiger partial charge in [-0.05, 0) is 44.9 Å². The number of anilines is 1. The Hall–Kier alpha value is -2.77. The molecule has 1 N–H and O–H groups in total. The molecule has 2 aliphatic rings. The molecule has 0 spiro atoms. The van der Waals surface area contributed by atoms with Gasteiger partial charge in [0.1, 0.15) is 11.7 Å². The largest absolute Gasteiger partial charge is 0.444 e. The van der Waals surface area contributed by atoms with Gasteiger partial charge in [0.2, 0.25) is 5.91 Å². The molecule has 3 rings (SSSR count). The first-order valence-electron chi connectivity index (χ1n) is 9.93. The highest BCUT2D eigenvalue weighted by Gasteiger charge is 2.33. The first kappa shape index (κ1) is 21.0. The Balaban J connectivity index is 1.57. The van der Waals surface area contributed by atoms with E-state index in [0.29, 0.717) is 26.2 Å². The third-order valence-corrected chi connectivity index (χ3v) is 4.97. The number of amides is 3. The number of nitrogens with one attached hydrogen (secondary N) is 1. The van der Waals surface area contributed by atoms with E-state index in [1.165, 1.54) is 6.92 Å². The van der Waals surface area contributed by atoms with Crippen LogP contribution in [0.15, 0.2) is 24.3 Å². The Morgan fingerprint density at radius 3 is 2.52 bits per heavy atom. The number of nitrogens with zero attached hydrogens (tertiary/aromatic N) is 2. The van der Waals surface area contributed by atoms with Crippen LogP contribution in [0.4, 0.5) is 15.3 Å². The molecule has 2 fully saturated rings. The summed E-state index contributed by atoms with van der Waals surface area (Å²) < 4.78 is 10.8. The van der Waals surface area contributed by atoms with Crippen molar-refractivity contribution in [1.29, 1.82) is 0 Å². The molecule has 2 atom stereocenters. The molecule has 2 aliphatic heterocycles. The highest BCUT2D eigenvalue weighted by Crippen LogP contribution is 2.30. The molecule has 0 bridgehead atoms. The van der Waals surface area contributed by atoms with Crippen molar-refractivity contribution in [3.63, 3.8) is 0 Å². The maximum atomic E-state index is 12.2. The Kier molecular flexibility index (Phi) is 6.00. The van der Waals surface area contributed by atoms with E-state index in [0.717, 1.165) is 17.7 Å². The number of rotatable bonds is 4. The standard InChI is InChI=1S/C21H29N3O5/c1-14(25)22-11-18-13-24(20(27)28-18)17-7-5-15(6-8-17)16-9-10-23(12-16)19(26)29-21(2,3)4/h5-8,16,18H,9-13H2,1-4H3,(H,22,25)/t16?,18-/m0/s1. The second-order valence-corrected chi connectivity index (χ2v) is 8.56. The lowest BCUT2D eigenvalue weighted by Gasteiger charge is -2.24.